The SMILES string of the molecule is Nc1nc(/C(=N/O)C(=O)NC2C(=O)N3C(C(=O)O)=C(COC(=O)N4CCCCC4)CSC23)cs1. The maximum Gasteiger partial charge on any atom is 0.410 e. The van der Waals surface area contributed by atoms with Crippen LogP contribution in [0.25, 0.3) is 0 Å². The quantitative estimate of drug-likeness (QED) is 0.179. The number of ether oxygens (including phenoxy) is 1. The molecule has 1 aromatic heterocycles. The molecule has 0 aromatic carbocycles. The number of likely N-dealkylation sites (tertiary alicyclic amines) is 1. The van der Waals surface area contributed by atoms with E-state index in [1.165, 1.54) is 17.1 Å². The fourth-order valence-electron chi connectivity index (χ4n) is 3.93. The Morgan fingerprint density at radius 2 is 2.03 bits per heavy atom. The van der Waals surface area contributed by atoms with E-state index < -0.39 is 41.0 Å². The molecule has 2 saturated heterocycles. The van der Waals surface area contributed by atoms with Gasteiger partial charge in [-0.25, -0.2) is 14.6 Å². The summed E-state index contributed by atoms with van der Waals surface area (Å²) in [4.78, 5) is 56.1. The molecular formula is C19H22N6O7S2. The highest BCUT2D eigenvalue weighted by molar-refractivity contribution is 8.00. The number of nitrogen functional groups attached to an aromatic ring is 1. The van der Waals surface area contributed by atoms with E-state index in [1.54, 1.807) is 4.90 Å². The lowest BCUT2D eigenvalue weighted by molar-refractivity contribution is -0.150. The minimum absolute atomic E-state index is 0.0476. The van der Waals surface area contributed by atoms with Crippen LogP contribution in [0, 0.1) is 0 Å². The maximum atomic E-state index is 12.8. The number of hydrogen-bond acceptors (Lipinski definition) is 11. The predicted molar refractivity (Wildman–Crippen MR) is 121 cm³/mol. The van der Waals surface area contributed by atoms with Crippen molar-refractivity contribution in [3.63, 3.8) is 0 Å². The van der Waals surface area contributed by atoms with Gasteiger partial charge < -0.3 is 31.0 Å². The maximum absolute atomic E-state index is 12.8. The largest absolute Gasteiger partial charge is 0.477 e. The van der Waals surface area contributed by atoms with E-state index >= 15 is 0 Å². The number of carboxylic acids is 1. The van der Waals surface area contributed by atoms with Crippen LogP contribution in [0.15, 0.2) is 21.8 Å². The average Bonchev–Trinajstić information content (AvgIpc) is 3.26. The number of hydrogen-bond donors (Lipinski definition) is 4. The standard InChI is InChI=1S/C19H22N6O7S2/c20-18-21-10(8-34-18)11(23-31)14(26)22-12-15(27)25-13(17(28)29)9(7-33-16(12)25)6-32-19(30)24-4-2-1-3-5-24/h8,12,16,31H,1-7H2,(H2,20,21)(H,22,26)(H,28,29)/b23-11-. The lowest BCUT2D eigenvalue weighted by Gasteiger charge is -2.49. The van der Waals surface area contributed by atoms with Gasteiger partial charge in [0.1, 0.15) is 29.4 Å². The van der Waals surface area contributed by atoms with Crippen molar-refractivity contribution in [2.45, 2.75) is 30.7 Å². The number of amides is 3. The number of carbonyl (C=O) groups is 4. The molecule has 0 bridgehead atoms. The van der Waals surface area contributed by atoms with Gasteiger partial charge in [-0.05, 0) is 19.3 Å². The first-order valence-corrected chi connectivity index (χ1v) is 12.3. The van der Waals surface area contributed by atoms with Gasteiger partial charge in [-0.1, -0.05) is 5.16 Å². The van der Waals surface area contributed by atoms with Gasteiger partial charge in [0.25, 0.3) is 11.8 Å². The summed E-state index contributed by atoms with van der Waals surface area (Å²) in [6, 6.07) is -1.03. The van der Waals surface area contributed by atoms with Gasteiger partial charge in [-0.3, -0.25) is 14.5 Å². The Labute approximate surface area is 201 Å². The van der Waals surface area contributed by atoms with Crippen molar-refractivity contribution in [3.8, 4) is 0 Å². The highest BCUT2D eigenvalue weighted by atomic mass is 32.2. The van der Waals surface area contributed by atoms with Crippen LogP contribution in [-0.2, 0) is 19.1 Å². The second-order valence-electron chi connectivity index (χ2n) is 7.74. The Hall–Kier alpha value is -3.33. The Kier molecular flexibility index (Phi) is 6.92. The van der Waals surface area contributed by atoms with E-state index in [9.17, 15) is 29.5 Å². The van der Waals surface area contributed by atoms with Gasteiger partial charge in [0.05, 0.1) is 0 Å². The van der Waals surface area contributed by atoms with Crippen molar-refractivity contribution in [2.24, 2.45) is 5.16 Å². The van der Waals surface area contributed by atoms with Crippen LogP contribution in [-0.4, -0.2) is 91.6 Å². The first kappa shape index (κ1) is 23.8. The summed E-state index contributed by atoms with van der Waals surface area (Å²) in [5.41, 5.74) is 5.22. The number of aromatic nitrogens is 1. The van der Waals surface area contributed by atoms with Crippen molar-refractivity contribution in [1.82, 2.24) is 20.1 Å². The molecule has 15 heteroatoms. The van der Waals surface area contributed by atoms with Crippen LogP contribution in [0.4, 0.5) is 9.93 Å². The minimum Gasteiger partial charge on any atom is -0.477 e. The molecule has 4 heterocycles. The molecule has 0 aliphatic carbocycles. The number of thiazole rings is 1. The summed E-state index contributed by atoms with van der Waals surface area (Å²) < 4.78 is 5.32. The van der Waals surface area contributed by atoms with E-state index in [2.05, 4.69) is 15.5 Å². The topological polar surface area (TPSA) is 188 Å². The van der Waals surface area contributed by atoms with Gasteiger partial charge in [0.2, 0.25) is 0 Å². The molecule has 5 N–H and O–H groups in total. The molecule has 0 saturated carbocycles. The number of rotatable bonds is 6. The number of carbonyl (C=O) groups excluding carboxylic acids is 3. The van der Waals surface area contributed by atoms with Gasteiger partial charge in [-0.2, -0.15) is 0 Å². The van der Waals surface area contributed by atoms with Crippen molar-refractivity contribution in [1.29, 1.82) is 0 Å². The molecule has 182 valence electrons. The molecule has 1 aromatic rings. The molecule has 2 unspecified atom stereocenters. The third-order valence-corrected chi connectivity index (χ3v) is 7.61. The van der Waals surface area contributed by atoms with Gasteiger partial charge in [0.15, 0.2) is 10.8 Å². The first-order valence-electron chi connectivity index (χ1n) is 10.4. The average molecular weight is 511 g/mol. The fourth-order valence-corrected chi connectivity index (χ4v) is 5.80. The summed E-state index contributed by atoms with van der Waals surface area (Å²) in [7, 11) is 0. The summed E-state index contributed by atoms with van der Waals surface area (Å²) in [5, 5.41) is 25.3. The zero-order valence-electron chi connectivity index (χ0n) is 17.8. The number of aliphatic carboxylic acids is 1. The number of thioether (sulfide) groups is 1. The summed E-state index contributed by atoms with van der Waals surface area (Å²) in [6.45, 7) is 0.947. The Balaban J connectivity index is 1.43. The number of nitrogens with zero attached hydrogens (tertiary/aromatic N) is 4. The molecule has 4 rings (SSSR count). The second-order valence-corrected chi connectivity index (χ2v) is 9.73. The normalized spacial score (nSPS) is 22.7. The van der Waals surface area contributed by atoms with Crippen LogP contribution in [0.3, 0.4) is 0 Å². The minimum atomic E-state index is -1.33. The Morgan fingerprint density at radius 1 is 1.29 bits per heavy atom. The third-order valence-electron chi connectivity index (χ3n) is 5.60. The lowest BCUT2D eigenvalue weighted by atomic mass is 10.0. The van der Waals surface area contributed by atoms with E-state index in [-0.39, 0.29) is 28.9 Å². The second kappa shape index (κ2) is 9.89. The van der Waals surface area contributed by atoms with Crippen LogP contribution in [0.2, 0.25) is 0 Å². The third kappa shape index (κ3) is 4.52. The smallest absolute Gasteiger partial charge is 0.410 e. The molecule has 0 radical (unpaired) electrons. The lowest BCUT2D eigenvalue weighted by Crippen LogP contribution is -2.71. The zero-order chi connectivity index (χ0) is 24.4. The highest BCUT2D eigenvalue weighted by Gasteiger charge is 2.54. The van der Waals surface area contributed by atoms with Crippen LogP contribution < -0.4 is 11.1 Å². The van der Waals surface area contributed by atoms with Crippen molar-refractivity contribution in [3.05, 3.63) is 22.3 Å². The Morgan fingerprint density at radius 3 is 2.65 bits per heavy atom. The monoisotopic (exact) mass is 510 g/mol. The molecule has 34 heavy (non-hydrogen) atoms. The zero-order valence-corrected chi connectivity index (χ0v) is 19.4. The number of nitrogens with two attached hydrogens (primary N) is 1. The number of nitrogens with one attached hydrogen (secondary N) is 1. The van der Waals surface area contributed by atoms with Gasteiger partial charge in [0, 0.05) is 29.8 Å². The summed E-state index contributed by atoms with van der Waals surface area (Å²) in [5.74, 6) is -2.63. The van der Waals surface area contributed by atoms with E-state index in [1.807, 2.05) is 0 Å². The Bertz CT molecular complexity index is 1080. The van der Waals surface area contributed by atoms with Gasteiger partial charge >= 0.3 is 12.1 Å². The van der Waals surface area contributed by atoms with E-state index in [0.717, 1.165) is 35.5 Å². The van der Waals surface area contributed by atoms with Crippen molar-refractivity contribution in [2.75, 3.05) is 31.2 Å². The molecule has 2 fully saturated rings. The number of carboxylic acid groups (broad SMARTS) is 1. The van der Waals surface area contributed by atoms with Crippen molar-refractivity contribution >= 4 is 57.8 Å². The fraction of sp³-hybridized carbons (Fsp3) is 0.474. The molecule has 2 atom stereocenters. The number of anilines is 1. The van der Waals surface area contributed by atoms with E-state index in [0.29, 0.717) is 18.7 Å². The highest BCUT2D eigenvalue weighted by Crippen LogP contribution is 2.40. The molecule has 3 aliphatic heterocycles. The number of β-lactam (4-membered cyclic amide) rings is 1. The first-order chi connectivity index (χ1) is 16.3. The molecular weight excluding hydrogens is 488 g/mol. The molecule has 3 amide bonds. The van der Waals surface area contributed by atoms with Crippen LogP contribution in [0.5, 0.6) is 0 Å². The summed E-state index contributed by atoms with van der Waals surface area (Å²) >= 11 is 2.28. The molecule has 13 nitrogen and oxygen atoms in total. The number of piperidine rings is 1. The predicted octanol–water partition coefficient (Wildman–Crippen LogP) is 0.265. The van der Waals surface area contributed by atoms with Crippen LogP contribution >= 0.6 is 23.1 Å². The number of fused-ring (bicyclic) bond motifs is 1. The molecule has 0 spiro atoms. The summed E-state index contributed by atoms with van der Waals surface area (Å²) in [6.07, 6.45) is 2.32. The van der Waals surface area contributed by atoms with E-state index in [4.69, 9.17) is 10.5 Å². The number of oxime groups is 1. The van der Waals surface area contributed by atoms with Gasteiger partial charge in [-0.15, -0.1) is 23.1 Å². The molecule has 3 aliphatic rings. The van der Waals surface area contributed by atoms with Crippen LogP contribution in [0.1, 0.15) is 25.0 Å². The van der Waals surface area contributed by atoms with Crippen molar-refractivity contribution < 1.29 is 34.2 Å².